The van der Waals surface area contributed by atoms with Gasteiger partial charge in [-0.15, -0.1) is 0 Å². The fourth-order valence-electron chi connectivity index (χ4n) is 4.67. The summed E-state index contributed by atoms with van der Waals surface area (Å²) in [5.41, 5.74) is 0. The highest BCUT2D eigenvalue weighted by molar-refractivity contribution is 4.87. The SMILES string of the molecule is CCCC1CCC(NCC)C(CN2CCC(CC)CC2)C1. The van der Waals surface area contributed by atoms with Crippen LogP contribution >= 0.6 is 0 Å². The van der Waals surface area contributed by atoms with Gasteiger partial charge in [-0.05, 0) is 69.5 Å². The first-order valence-corrected chi connectivity index (χ1v) is 9.72. The number of hydrogen-bond donors (Lipinski definition) is 1. The standard InChI is InChI=1S/C19H38N2/c1-4-7-17-8-9-19(20-6-3)18(14-17)15-21-12-10-16(5-2)11-13-21/h16-20H,4-15H2,1-3H3. The van der Waals surface area contributed by atoms with Gasteiger partial charge < -0.3 is 10.2 Å². The Morgan fingerprint density at radius 1 is 0.952 bits per heavy atom. The van der Waals surface area contributed by atoms with Crippen LogP contribution in [-0.2, 0) is 0 Å². The third-order valence-corrected chi connectivity index (χ3v) is 6.03. The number of nitrogens with one attached hydrogen (secondary N) is 1. The summed E-state index contributed by atoms with van der Waals surface area (Å²) in [4.78, 5) is 2.77. The molecule has 1 aliphatic heterocycles. The Morgan fingerprint density at radius 3 is 2.33 bits per heavy atom. The third kappa shape index (κ3) is 5.25. The van der Waals surface area contributed by atoms with E-state index in [0.29, 0.717) is 0 Å². The highest BCUT2D eigenvalue weighted by Crippen LogP contribution is 2.33. The van der Waals surface area contributed by atoms with Crippen LogP contribution in [0.1, 0.15) is 72.1 Å². The minimum absolute atomic E-state index is 0.784. The highest BCUT2D eigenvalue weighted by atomic mass is 15.1. The van der Waals surface area contributed by atoms with Crippen molar-refractivity contribution in [3.05, 3.63) is 0 Å². The van der Waals surface area contributed by atoms with E-state index in [4.69, 9.17) is 0 Å². The lowest BCUT2D eigenvalue weighted by atomic mass is 9.75. The molecule has 0 amide bonds. The molecule has 0 aromatic carbocycles. The van der Waals surface area contributed by atoms with E-state index in [-0.39, 0.29) is 0 Å². The van der Waals surface area contributed by atoms with Gasteiger partial charge in [0.2, 0.25) is 0 Å². The first-order chi connectivity index (χ1) is 10.3. The summed E-state index contributed by atoms with van der Waals surface area (Å²) >= 11 is 0. The molecule has 0 spiro atoms. The molecule has 124 valence electrons. The molecular formula is C19H38N2. The molecule has 2 fully saturated rings. The molecule has 1 saturated carbocycles. The largest absolute Gasteiger partial charge is 0.314 e. The molecular weight excluding hydrogens is 256 g/mol. The molecule has 2 rings (SSSR count). The molecule has 3 atom stereocenters. The van der Waals surface area contributed by atoms with Crippen LogP contribution < -0.4 is 5.32 Å². The Morgan fingerprint density at radius 2 is 1.71 bits per heavy atom. The Kier molecular flexibility index (Phi) is 7.53. The van der Waals surface area contributed by atoms with E-state index in [0.717, 1.165) is 30.3 Å². The van der Waals surface area contributed by atoms with E-state index in [9.17, 15) is 0 Å². The second-order valence-electron chi connectivity index (χ2n) is 7.54. The number of hydrogen-bond acceptors (Lipinski definition) is 2. The molecule has 0 bridgehead atoms. The summed E-state index contributed by atoms with van der Waals surface area (Å²) in [6.45, 7) is 12.2. The van der Waals surface area contributed by atoms with E-state index in [2.05, 4.69) is 31.0 Å². The van der Waals surface area contributed by atoms with Gasteiger partial charge in [0.25, 0.3) is 0 Å². The molecule has 0 aromatic heterocycles. The maximum Gasteiger partial charge on any atom is 0.0108 e. The Hall–Kier alpha value is -0.0800. The molecule has 3 unspecified atom stereocenters. The van der Waals surface area contributed by atoms with Gasteiger partial charge in [0.15, 0.2) is 0 Å². The molecule has 1 heterocycles. The summed E-state index contributed by atoms with van der Waals surface area (Å²) in [5, 5.41) is 3.78. The van der Waals surface area contributed by atoms with Gasteiger partial charge in [0.05, 0.1) is 0 Å². The maximum absolute atomic E-state index is 3.78. The number of likely N-dealkylation sites (tertiary alicyclic amines) is 1. The maximum atomic E-state index is 3.78. The fraction of sp³-hybridized carbons (Fsp3) is 1.00. The molecule has 2 aliphatic rings. The van der Waals surface area contributed by atoms with E-state index < -0.39 is 0 Å². The molecule has 2 nitrogen and oxygen atoms in total. The van der Waals surface area contributed by atoms with Crippen molar-refractivity contribution >= 4 is 0 Å². The smallest absolute Gasteiger partial charge is 0.0108 e. The highest BCUT2D eigenvalue weighted by Gasteiger charge is 2.31. The Labute approximate surface area is 133 Å². The van der Waals surface area contributed by atoms with E-state index in [1.165, 1.54) is 71.0 Å². The van der Waals surface area contributed by atoms with Crippen molar-refractivity contribution in [2.24, 2.45) is 17.8 Å². The second-order valence-corrected chi connectivity index (χ2v) is 7.54. The summed E-state index contributed by atoms with van der Waals surface area (Å²) < 4.78 is 0. The lowest BCUT2D eigenvalue weighted by Gasteiger charge is -2.41. The zero-order chi connectivity index (χ0) is 15.1. The van der Waals surface area contributed by atoms with Gasteiger partial charge in [-0.25, -0.2) is 0 Å². The molecule has 1 aliphatic carbocycles. The molecule has 0 aromatic rings. The van der Waals surface area contributed by atoms with E-state index in [1.54, 1.807) is 0 Å². The predicted molar refractivity (Wildman–Crippen MR) is 92.7 cm³/mol. The number of rotatable bonds is 7. The van der Waals surface area contributed by atoms with Crippen LogP contribution in [0, 0.1) is 17.8 Å². The van der Waals surface area contributed by atoms with Crippen LogP contribution in [0.2, 0.25) is 0 Å². The first-order valence-electron chi connectivity index (χ1n) is 9.72. The van der Waals surface area contributed by atoms with E-state index >= 15 is 0 Å². The summed E-state index contributed by atoms with van der Waals surface area (Å²) in [6, 6.07) is 0.784. The molecule has 21 heavy (non-hydrogen) atoms. The van der Waals surface area contributed by atoms with Crippen LogP contribution in [0.25, 0.3) is 0 Å². The molecule has 0 radical (unpaired) electrons. The van der Waals surface area contributed by atoms with Gasteiger partial charge in [0.1, 0.15) is 0 Å². The minimum Gasteiger partial charge on any atom is -0.314 e. The quantitative estimate of drug-likeness (QED) is 0.753. The summed E-state index contributed by atoms with van der Waals surface area (Å²) in [7, 11) is 0. The van der Waals surface area contributed by atoms with Crippen molar-refractivity contribution in [3.63, 3.8) is 0 Å². The summed E-state index contributed by atoms with van der Waals surface area (Å²) in [5.74, 6) is 2.90. The topological polar surface area (TPSA) is 15.3 Å². The zero-order valence-corrected chi connectivity index (χ0v) is 14.7. The zero-order valence-electron chi connectivity index (χ0n) is 14.7. The van der Waals surface area contributed by atoms with Crippen LogP contribution in [0.15, 0.2) is 0 Å². The third-order valence-electron chi connectivity index (χ3n) is 6.03. The first kappa shape index (κ1) is 17.3. The Balaban J connectivity index is 1.84. The van der Waals surface area contributed by atoms with Gasteiger partial charge in [-0.1, -0.05) is 40.0 Å². The van der Waals surface area contributed by atoms with Crippen molar-refractivity contribution < 1.29 is 0 Å². The van der Waals surface area contributed by atoms with Gasteiger partial charge >= 0.3 is 0 Å². The monoisotopic (exact) mass is 294 g/mol. The lowest BCUT2D eigenvalue weighted by Crippen LogP contribution is -2.47. The predicted octanol–water partition coefficient (Wildman–Crippen LogP) is 4.30. The number of nitrogens with zero attached hydrogens (tertiary/aromatic N) is 1. The Bertz CT molecular complexity index is 271. The molecule has 1 N–H and O–H groups in total. The van der Waals surface area contributed by atoms with Crippen molar-refractivity contribution in [2.75, 3.05) is 26.2 Å². The average molecular weight is 295 g/mol. The van der Waals surface area contributed by atoms with Crippen molar-refractivity contribution in [1.82, 2.24) is 10.2 Å². The van der Waals surface area contributed by atoms with Crippen molar-refractivity contribution in [3.8, 4) is 0 Å². The van der Waals surface area contributed by atoms with Crippen LogP contribution in [0.4, 0.5) is 0 Å². The van der Waals surface area contributed by atoms with Gasteiger partial charge in [0, 0.05) is 12.6 Å². The van der Waals surface area contributed by atoms with Crippen molar-refractivity contribution in [2.45, 2.75) is 78.2 Å². The van der Waals surface area contributed by atoms with Crippen molar-refractivity contribution in [1.29, 1.82) is 0 Å². The van der Waals surface area contributed by atoms with Gasteiger partial charge in [-0.2, -0.15) is 0 Å². The van der Waals surface area contributed by atoms with Crippen LogP contribution in [-0.4, -0.2) is 37.1 Å². The van der Waals surface area contributed by atoms with Crippen LogP contribution in [0.3, 0.4) is 0 Å². The fourth-order valence-corrected chi connectivity index (χ4v) is 4.67. The lowest BCUT2D eigenvalue weighted by molar-refractivity contribution is 0.108. The minimum atomic E-state index is 0.784. The van der Waals surface area contributed by atoms with Crippen LogP contribution in [0.5, 0.6) is 0 Å². The second kappa shape index (κ2) is 9.15. The normalized spacial score (nSPS) is 32.4. The number of piperidine rings is 1. The molecule has 1 saturated heterocycles. The summed E-state index contributed by atoms with van der Waals surface area (Å²) in [6.07, 6.45) is 11.4. The molecule has 2 heteroatoms. The average Bonchev–Trinajstić information content (AvgIpc) is 2.51. The van der Waals surface area contributed by atoms with E-state index in [1.807, 2.05) is 0 Å². The van der Waals surface area contributed by atoms with Gasteiger partial charge in [-0.3, -0.25) is 0 Å².